The summed E-state index contributed by atoms with van der Waals surface area (Å²) in [5.74, 6) is -2.69. The number of pyridine rings is 1. The van der Waals surface area contributed by atoms with E-state index in [0.717, 1.165) is 32.1 Å². The minimum atomic E-state index is -1.42. The molecule has 29 heavy (non-hydrogen) atoms. The van der Waals surface area contributed by atoms with E-state index in [0.29, 0.717) is 13.2 Å². The van der Waals surface area contributed by atoms with Crippen molar-refractivity contribution in [3.63, 3.8) is 0 Å². The van der Waals surface area contributed by atoms with Crippen molar-refractivity contribution in [2.24, 2.45) is 0 Å². The van der Waals surface area contributed by atoms with Crippen LogP contribution in [0.25, 0.3) is 0 Å². The Bertz CT molecular complexity index is 935. The van der Waals surface area contributed by atoms with E-state index in [9.17, 15) is 9.59 Å². The van der Waals surface area contributed by atoms with Gasteiger partial charge in [0.1, 0.15) is 5.03 Å². The van der Waals surface area contributed by atoms with Crippen molar-refractivity contribution in [2.75, 3.05) is 13.2 Å². The minimum Gasteiger partial charge on any atom is -0.436 e. The van der Waals surface area contributed by atoms with E-state index in [1.54, 1.807) is 6.20 Å². The van der Waals surface area contributed by atoms with E-state index in [-0.39, 0.29) is 6.42 Å². The SMILES string of the molecule is O=C1/C=C/C(=O)O[C@]2(Cc3ccc(Sc4ccc(Br)cn4)cc3)OCCNC2O1. The third-order valence-corrected chi connectivity index (χ3v) is 5.76. The molecular formula is C20H17BrN2O5S. The molecule has 150 valence electrons. The molecule has 1 saturated heterocycles. The van der Waals surface area contributed by atoms with Crippen LogP contribution < -0.4 is 5.32 Å². The van der Waals surface area contributed by atoms with E-state index < -0.39 is 24.0 Å². The van der Waals surface area contributed by atoms with Crippen molar-refractivity contribution >= 4 is 39.6 Å². The number of aromatic nitrogens is 1. The zero-order valence-corrected chi connectivity index (χ0v) is 17.6. The first-order valence-electron chi connectivity index (χ1n) is 8.90. The number of halogens is 1. The number of ether oxygens (including phenoxy) is 3. The number of hydrogen-bond acceptors (Lipinski definition) is 8. The van der Waals surface area contributed by atoms with Crippen molar-refractivity contribution in [1.82, 2.24) is 10.3 Å². The van der Waals surface area contributed by atoms with Crippen LogP contribution in [-0.2, 0) is 30.2 Å². The van der Waals surface area contributed by atoms with Gasteiger partial charge in [-0.2, -0.15) is 0 Å². The summed E-state index contributed by atoms with van der Waals surface area (Å²) in [7, 11) is 0. The Morgan fingerprint density at radius 1 is 1.14 bits per heavy atom. The molecule has 0 saturated carbocycles. The maximum absolute atomic E-state index is 12.1. The monoisotopic (exact) mass is 476 g/mol. The van der Waals surface area contributed by atoms with Gasteiger partial charge in [-0.3, -0.25) is 5.32 Å². The highest BCUT2D eigenvalue weighted by atomic mass is 79.9. The number of carbonyl (C=O) groups is 2. The van der Waals surface area contributed by atoms with E-state index >= 15 is 0 Å². The molecule has 0 amide bonds. The van der Waals surface area contributed by atoms with E-state index in [1.807, 2.05) is 36.4 Å². The molecule has 2 atom stereocenters. The Labute approximate surface area is 179 Å². The van der Waals surface area contributed by atoms with Crippen molar-refractivity contribution in [2.45, 2.75) is 28.4 Å². The molecule has 2 aliphatic heterocycles. The van der Waals surface area contributed by atoms with Crippen LogP contribution in [0, 0.1) is 0 Å². The standard InChI is InChI=1S/C20H17BrN2O5S/c21-14-3-6-16(23-12-14)29-15-4-1-13(2-5-15)11-20-19(22-9-10-26-20)27-17(24)7-8-18(25)28-20/h1-8,12,19,22H,9-11H2/b8-7+/t19?,20-/m0/s1. The Morgan fingerprint density at radius 3 is 2.69 bits per heavy atom. The highest BCUT2D eigenvalue weighted by molar-refractivity contribution is 9.10. The lowest BCUT2D eigenvalue weighted by Gasteiger charge is -2.42. The first-order chi connectivity index (χ1) is 14.0. The molecule has 0 spiro atoms. The maximum atomic E-state index is 12.1. The highest BCUT2D eigenvalue weighted by Crippen LogP contribution is 2.31. The fraction of sp³-hybridized carbons (Fsp3) is 0.250. The quantitative estimate of drug-likeness (QED) is 0.673. The predicted octanol–water partition coefficient (Wildman–Crippen LogP) is 2.84. The summed E-state index contributed by atoms with van der Waals surface area (Å²) in [6.07, 6.45) is 3.19. The van der Waals surface area contributed by atoms with Gasteiger partial charge in [0.05, 0.1) is 6.61 Å². The lowest BCUT2D eigenvalue weighted by atomic mass is 10.0. The molecule has 9 heteroatoms. The van der Waals surface area contributed by atoms with Crippen LogP contribution in [0.2, 0.25) is 0 Å². The van der Waals surface area contributed by atoms with Gasteiger partial charge in [0, 0.05) is 40.7 Å². The number of carbonyl (C=O) groups excluding carboxylic acids is 2. The fourth-order valence-electron chi connectivity index (χ4n) is 3.04. The van der Waals surface area contributed by atoms with Gasteiger partial charge < -0.3 is 14.2 Å². The molecule has 3 heterocycles. The molecule has 1 fully saturated rings. The summed E-state index contributed by atoms with van der Waals surface area (Å²) in [5, 5.41) is 3.94. The molecule has 0 aliphatic carbocycles. The largest absolute Gasteiger partial charge is 0.436 e. The number of benzene rings is 1. The van der Waals surface area contributed by atoms with E-state index in [4.69, 9.17) is 14.2 Å². The predicted molar refractivity (Wildman–Crippen MR) is 108 cm³/mol. The van der Waals surface area contributed by atoms with Crippen LogP contribution in [0.5, 0.6) is 0 Å². The van der Waals surface area contributed by atoms with Gasteiger partial charge in [0.2, 0.25) is 6.23 Å². The Morgan fingerprint density at radius 2 is 1.93 bits per heavy atom. The Hall–Kier alpha value is -2.20. The molecule has 1 aromatic carbocycles. The summed E-state index contributed by atoms with van der Waals surface area (Å²) in [6.45, 7) is 0.810. The van der Waals surface area contributed by atoms with Gasteiger partial charge in [0.15, 0.2) is 0 Å². The molecule has 2 aromatic rings. The highest BCUT2D eigenvalue weighted by Gasteiger charge is 2.49. The van der Waals surface area contributed by atoms with Crippen molar-refractivity contribution in [3.05, 3.63) is 64.8 Å². The lowest BCUT2D eigenvalue weighted by molar-refractivity contribution is -0.292. The summed E-state index contributed by atoms with van der Waals surface area (Å²) in [6, 6.07) is 11.6. The normalized spacial score (nSPS) is 25.2. The average molecular weight is 477 g/mol. The van der Waals surface area contributed by atoms with Crippen LogP contribution >= 0.6 is 27.7 Å². The third-order valence-electron chi connectivity index (χ3n) is 4.34. The first kappa shape index (κ1) is 20.1. The van der Waals surface area contributed by atoms with Crippen molar-refractivity contribution in [3.8, 4) is 0 Å². The Kier molecular flexibility index (Phi) is 6.00. The van der Waals surface area contributed by atoms with Gasteiger partial charge in [-0.05, 0) is 45.8 Å². The smallest absolute Gasteiger partial charge is 0.333 e. The van der Waals surface area contributed by atoms with Gasteiger partial charge in [-0.15, -0.1) is 0 Å². The molecule has 2 aliphatic rings. The summed E-state index contributed by atoms with van der Waals surface area (Å²) in [4.78, 5) is 29.3. The number of fused-ring (bicyclic) bond motifs is 1. The van der Waals surface area contributed by atoms with Gasteiger partial charge >= 0.3 is 11.9 Å². The van der Waals surface area contributed by atoms with Gasteiger partial charge in [-0.25, -0.2) is 14.6 Å². The zero-order valence-electron chi connectivity index (χ0n) is 15.2. The molecule has 1 unspecified atom stereocenters. The van der Waals surface area contributed by atoms with Crippen molar-refractivity contribution in [1.29, 1.82) is 0 Å². The molecular weight excluding hydrogens is 460 g/mol. The molecule has 7 nitrogen and oxygen atoms in total. The summed E-state index contributed by atoms with van der Waals surface area (Å²) in [5.41, 5.74) is 0.875. The lowest BCUT2D eigenvalue weighted by Crippen LogP contribution is -2.63. The number of nitrogens with one attached hydrogen (secondary N) is 1. The Balaban J connectivity index is 1.52. The fourth-order valence-corrected chi connectivity index (χ4v) is 4.03. The van der Waals surface area contributed by atoms with E-state index in [2.05, 4.69) is 26.2 Å². The molecule has 4 rings (SSSR count). The molecule has 1 N–H and O–H groups in total. The van der Waals surface area contributed by atoms with Crippen LogP contribution in [0.15, 0.2) is 69.1 Å². The van der Waals surface area contributed by atoms with Crippen LogP contribution in [-0.4, -0.2) is 42.1 Å². The number of morpholine rings is 1. The molecule has 0 bridgehead atoms. The molecule has 1 aromatic heterocycles. The maximum Gasteiger partial charge on any atom is 0.333 e. The van der Waals surface area contributed by atoms with Crippen LogP contribution in [0.3, 0.4) is 0 Å². The molecule has 0 radical (unpaired) electrons. The summed E-state index contributed by atoms with van der Waals surface area (Å²) >= 11 is 4.91. The average Bonchev–Trinajstić information content (AvgIpc) is 2.70. The number of esters is 2. The number of rotatable bonds is 4. The second-order valence-electron chi connectivity index (χ2n) is 6.42. The third kappa shape index (κ3) is 4.87. The summed E-state index contributed by atoms with van der Waals surface area (Å²) < 4.78 is 17.7. The van der Waals surface area contributed by atoms with Crippen molar-refractivity contribution < 1.29 is 23.8 Å². The second-order valence-corrected chi connectivity index (χ2v) is 8.43. The van der Waals surface area contributed by atoms with Crippen LogP contribution in [0.4, 0.5) is 0 Å². The number of hydrogen-bond donors (Lipinski definition) is 1. The van der Waals surface area contributed by atoms with E-state index in [1.165, 1.54) is 11.8 Å². The second kappa shape index (κ2) is 8.66. The minimum absolute atomic E-state index is 0.235. The number of nitrogens with zero attached hydrogens (tertiary/aromatic N) is 1. The topological polar surface area (TPSA) is 86.8 Å². The van der Waals surface area contributed by atoms with Gasteiger partial charge in [0.25, 0.3) is 5.79 Å². The first-order valence-corrected chi connectivity index (χ1v) is 10.5. The van der Waals surface area contributed by atoms with Gasteiger partial charge in [-0.1, -0.05) is 23.9 Å². The van der Waals surface area contributed by atoms with Crippen LogP contribution in [0.1, 0.15) is 5.56 Å². The zero-order chi connectivity index (χ0) is 20.3.